The van der Waals surface area contributed by atoms with Crippen LogP contribution in [0.3, 0.4) is 0 Å². The van der Waals surface area contributed by atoms with Gasteiger partial charge in [0.15, 0.2) is 0 Å². The molecule has 0 radical (unpaired) electrons. The minimum Gasteiger partial charge on any atom is -0.350 e. The number of hydrogen-bond acceptors (Lipinski definition) is 3. The van der Waals surface area contributed by atoms with Crippen molar-refractivity contribution < 1.29 is 4.79 Å². The molecule has 0 saturated heterocycles. The lowest BCUT2D eigenvalue weighted by atomic mass is 10.0. The second-order valence-corrected chi connectivity index (χ2v) is 5.62. The quantitative estimate of drug-likeness (QED) is 0.821. The fourth-order valence-electron chi connectivity index (χ4n) is 1.96. The molecule has 0 aromatic carbocycles. The van der Waals surface area contributed by atoms with E-state index in [1.54, 1.807) is 4.68 Å². The average Bonchev–Trinajstić information content (AvgIpc) is 2.56. The van der Waals surface area contributed by atoms with Crippen LogP contribution in [0, 0.1) is 13.8 Å². The van der Waals surface area contributed by atoms with Gasteiger partial charge in [-0.25, -0.2) is 0 Å². The maximum atomic E-state index is 12.0. The van der Waals surface area contributed by atoms with Gasteiger partial charge >= 0.3 is 0 Å². The third-order valence-electron chi connectivity index (χ3n) is 3.54. The lowest BCUT2D eigenvalue weighted by Crippen LogP contribution is -2.44. The van der Waals surface area contributed by atoms with Gasteiger partial charge in [-0.3, -0.25) is 9.48 Å². The monoisotopic (exact) mass is 266 g/mol. The Balaban J connectivity index is 2.78. The average molecular weight is 266 g/mol. The summed E-state index contributed by atoms with van der Waals surface area (Å²) in [5.41, 5.74) is 3.04. The van der Waals surface area contributed by atoms with Crippen molar-refractivity contribution in [1.29, 1.82) is 0 Å². The van der Waals surface area contributed by atoms with E-state index >= 15 is 0 Å². The third-order valence-corrected chi connectivity index (χ3v) is 3.54. The van der Waals surface area contributed by atoms with E-state index in [1.807, 2.05) is 34.7 Å². The molecule has 5 nitrogen and oxygen atoms in total. The Labute approximate surface area is 115 Å². The molecule has 0 aliphatic rings. The van der Waals surface area contributed by atoms with Gasteiger partial charge in [0, 0.05) is 23.3 Å². The summed E-state index contributed by atoms with van der Waals surface area (Å²) in [5.74, 6) is 0.00783. The van der Waals surface area contributed by atoms with E-state index in [9.17, 15) is 4.79 Å². The zero-order valence-electron chi connectivity index (χ0n) is 12.9. The standard InChI is InChI=1S/C14H26N4O/c1-7-14(4,5)16-13(19)9-18-11(3)12(8-15-6)10(2)17-18/h15H,7-9H2,1-6H3,(H,16,19). The largest absolute Gasteiger partial charge is 0.350 e. The van der Waals surface area contributed by atoms with Crippen molar-refractivity contribution in [2.45, 2.75) is 59.7 Å². The second-order valence-electron chi connectivity index (χ2n) is 5.62. The van der Waals surface area contributed by atoms with E-state index in [0.29, 0.717) is 0 Å². The summed E-state index contributed by atoms with van der Waals surface area (Å²) in [5, 5.41) is 10.6. The Kier molecular flexibility index (Phi) is 5.11. The fraction of sp³-hybridized carbons (Fsp3) is 0.714. The highest BCUT2D eigenvalue weighted by molar-refractivity contribution is 5.76. The zero-order chi connectivity index (χ0) is 14.6. The van der Waals surface area contributed by atoms with Crippen molar-refractivity contribution >= 4 is 5.91 Å². The van der Waals surface area contributed by atoms with Gasteiger partial charge in [0.05, 0.1) is 5.69 Å². The molecule has 108 valence electrons. The minimum atomic E-state index is -0.166. The molecule has 1 heterocycles. The summed E-state index contributed by atoms with van der Waals surface area (Å²) < 4.78 is 1.78. The van der Waals surface area contributed by atoms with Gasteiger partial charge in [-0.15, -0.1) is 0 Å². The van der Waals surface area contributed by atoms with Crippen LogP contribution in [0.5, 0.6) is 0 Å². The summed E-state index contributed by atoms with van der Waals surface area (Å²) in [6.45, 7) is 11.2. The Morgan fingerprint density at radius 3 is 2.53 bits per heavy atom. The molecule has 1 aromatic heterocycles. The molecule has 1 rings (SSSR count). The van der Waals surface area contributed by atoms with Gasteiger partial charge in [-0.2, -0.15) is 5.10 Å². The maximum absolute atomic E-state index is 12.0. The van der Waals surface area contributed by atoms with Crippen LogP contribution in [0.1, 0.15) is 44.1 Å². The van der Waals surface area contributed by atoms with E-state index in [1.165, 1.54) is 5.56 Å². The highest BCUT2D eigenvalue weighted by atomic mass is 16.2. The molecule has 0 aliphatic carbocycles. The number of aryl methyl sites for hydroxylation is 1. The van der Waals surface area contributed by atoms with Crippen LogP contribution in [0.25, 0.3) is 0 Å². The van der Waals surface area contributed by atoms with Crippen LogP contribution in [0.15, 0.2) is 0 Å². The van der Waals surface area contributed by atoms with Crippen molar-refractivity contribution in [3.8, 4) is 0 Å². The smallest absolute Gasteiger partial charge is 0.242 e. The molecule has 0 aliphatic heterocycles. The highest BCUT2D eigenvalue weighted by Crippen LogP contribution is 2.13. The van der Waals surface area contributed by atoms with Crippen LogP contribution >= 0.6 is 0 Å². The number of rotatable bonds is 6. The highest BCUT2D eigenvalue weighted by Gasteiger charge is 2.19. The van der Waals surface area contributed by atoms with Gasteiger partial charge in [-0.1, -0.05) is 6.92 Å². The first-order valence-corrected chi connectivity index (χ1v) is 6.79. The molecule has 0 fully saturated rings. The van der Waals surface area contributed by atoms with Crippen molar-refractivity contribution in [2.75, 3.05) is 7.05 Å². The molecule has 0 saturated carbocycles. The summed E-state index contributed by atoms with van der Waals surface area (Å²) in [6.07, 6.45) is 0.904. The summed E-state index contributed by atoms with van der Waals surface area (Å²) in [7, 11) is 1.91. The van der Waals surface area contributed by atoms with Crippen LogP contribution in [0.2, 0.25) is 0 Å². The number of carbonyl (C=O) groups is 1. The molecule has 1 aromatic rings. The first-order chi connectivity index (χ1) is 8.80. The Hall–Kier alpha value is -1.36. The molecular weight excluding hydrogens is 240 g/mol. The number of hydrogen-bond donors (Lipinski definition) is 2. The number of aromatic nitrogens is 2. The lowest BCUT2D eigenvalue weighted by molar-refractivity contribution is -0.123. The molecular formula is C14H26N4O. The molecule has 0 spiro atoms. The number of amides is 1. The first kappa shape index (κ1) is 15.7. The van der Waals surface area contributed by atoms with Gasteiger partial charge < -0.3 is 10.6 Å². The normalized spacial score (nSPS) is 11.7. The van der Waals surface area contributed by atoms with Crippen molar-refractivity contribution in [3.05, 3.63) is 17.0 Å². The minimum absolute atomic E-state index is 0.00783. The van der Waals surface area contributed by atoms with Gasteiger partial charge in [-0.05, 0) is 41.2 Å². The van der Waals surface area contributed by atoms with Gasteiger partial charge in [0.25, 0.3) is 0 Å². The van der Waals surface area contributed by atoms with Crippen LogP contribution in [-0.2, 0) is 17.9 Å². The Morgan fingerprint density at radius 2 is 2.00 bits per heavy atom. The molecule has 0 atom stereocenters. The number of nitrogens with one attached hydrogen (secondary N) is 2. The molecule has 19 heavy (non-hydrogen) atoms. The van der Waals surface area contributed by atoms with Crippen LogP contribution < -0.4 is 10.6 Å². The van der Waals surface area contributed by atoms with E-state index in [-0.39, 0.29) is 18.0 Å². The Bertz CT molecular complexity index is 449. The van der Waals surface area contributed by atoms with Crippen LogP contribution in [0.4, 0.5) is 0 Å². The van der Waals surface area contributed by atoms with Crippen molar-refractivity contribution in [2.24, 2.45) is 0 Å². The third kappa shape index (κ3) is 4.06. The molecule has 2 N–H and O–H groups in total. The summed E-state index contributed by atoms with van der Waals surface area (Å²) >= 11 is 0. The maximum Gasteiger partial charge on any atom is 0.242 e. The van der Waals surface area contributed by atoms with Gasteiger partial charge in [0.2, 0.25) is 5.91 Å². The van der Waals surface area contributed by atoms with E-state index in [0.717, 1.165) is 24.4 Å². The van der Waals surface area contributed by atoms with E-state index in [4.69, 9.17) is 0 Å². The zero-order valence-corrected chi connectivity index (χ0v) is 12.9. The molecule has 0 unspecified atom stereocenters. The van der Waals surface area contributed by atoms with Gasteiger partial charge in [0.1, 0.15) is 6.54 Å². The van der Waals surface area contributed by atoms with Crippen molar-refractivity contribution in [1.82, 2.24) is 20.4 Å². The fourth-order valence-corrected chi connectivity index (χ4v) is 1.96. The van der Waals surface area contributed by atoms with Crippen molar-refractivity contribution in [3.63, 3.8) is 0 Å². The predicted octanol–water partition coefficient (Wildman–Crippen LogP) is 1.52. The summed E-state index contributed by atoms with van der Waals surface area (Å²) in [6, 6.07) is 0. The first-order valence-electron chi connectivity index (χ1n) is 6.79. The SMILES string of the molecule is CCC(C)(C)NC(=O)Cn1nc(C)c(CNC)c1C. The molecule has 1 amide bonds. The van der Waals surface area contributed by atoms with E-state index < -0.39 is 0 Å². The number of carbonyl (C=O) groups excluding carboxylic acids is 1. The topological polar surface area (TPSA) is 59.0 Å². The molecule has 5 heteroatoms. The summed E-state index contributed by atoms with van der Waals surface area (Å²) in [4.78, 5) is 12.0. The Morgan fingerprint density at radius 1 is 1.37 bits per heavy atom. The van der Waals surface area contributed by atoms with Crippen LogP contribution in [-0.4, -0.2) is 28.3 Å². The predicted molar refractivity (Wildman–Crippen MR) is 77.0 cm³/mol. The lowest BCUT2D eigenvalue weighted by Gasteiger charge is -2.24. The number of nitrogens with zero attached hydrogens (tertiary/aromatic N) is 2. The van der Waals surface area contributed by atoms with E-state index in [2.05, 4.69) is 22.7 Å². The second kappa shape index (κ2) is 6.19. The molecule has 0 bridgehead atoms.